The van der Waals surface area contributed by atoms with Crippen LogP contribution >= 0.6 is 27.3 Å². The van der Waals surface area contributed by atoms with Crippen LogP contribution in [0.4, 0.5) is 0 Å². The Hall–Kier alpha value is -3.37. The number of fused-ring (bicyclic) bond motifs is 1. The van der Waals surface area contributed by atoms with E-state index >= 15 is 0 Å². The van der Waals surface area contributed by atoms with E-state index in [0.717, 1.165) is 10.0 Å². The Balaban J connectivity index is 1.99. The molecule has 0 bridgehead atoms. The maximum atomic E-state index is 13.8. The zero-order chi connectivity index (χ0) is 26.0. The zero-order valence-electron chi connectivity index (χ0n) is 20.5. The van der Waals surface area contributed by atoms with Crippen molar-refractivity contribution in [1.29, 1.82) is 0 Å². The number of rotatable bonds is 7. The molecule has 36 heavy (non-hydrogen) atoms. The molecule has 4 rings (SSSR count). The first-order chi connectivity index (χ1) is 17.3. The van der Waals surface area contributed by atoms with Gasteiger partial charge in [-0.15, -0.1) is 0 Å². The number of hydrogen-bond donors (Lipinski definition) is 0. The van der Waals surface area contributed by atoms with Gasteiger partial charge in [0, 0.05) is 10.0 Å². The molecule has 0 saturated heterocycles. The van der Waals surface area contributed by atoms with E-state index in [1.807, 2.05) is 18.2 Å². The Kier molecular flexibility index (Phi) is 7.65. The van der Waals surface area contributed by atoms with Gasteiger partial charge in [0.2, 0.25) is 0 Å². The van der Waals surface area contributed by atoms with Gasteiger partial charge in [-0.3, -0.25) is 9.36 Å². The normalized spacial score (nSPS) is 15.3. The summed E-state index contributed by atoms with van der Waals surface area (Å²) < 4.78 is 24.4. The lowest BCUT2D eigenvalue weighted by molar-refractivity contribution is -0.139. The van der Waals surface area contributed by atoms with Crippen LogP contribution in [0.1, 0.15) is 31.0 Å². The molecule has 8 nitrogen and oxygen atoms in total. The van der Waals surface area contributed by atoms with E-state index in [0.29, 0.717) is 43.4 Å². The molecule has 0 aliphatic carbocycles. The SMILES string of the molecule is CCOC(=O)C1=C(C)N=c2sc(=Cc3cc(OC)c(OC)cc3Br)c(=O)n2C1c1ccccc1OC. The molecule has 0 amide bonds. The minimum absolute atomic E-state index is 0.200. The first kappa shape index (κ1) is 25.7. The number of carbonyl (C=O) groups excluding carboxylic acids is 1. The van der Waals surface area contributed by atoms with Crippen LogP contribution in [0, 0.1) is 0 Å². The summed E-state index contributed by atoms with van der Waals surface area (Å²) >= 11 is 4.79. The van der Waals surface area contributed by atoms with Crippen molar-refractivity contribution in [2.75, 3.05) is 27.9 Å². The first-order valence-electron chi connectivity index (χ1n) is 11.1. The molecule has 10 heteroatoms. The van der Waals surface area contributed by atoms with E-state index in [4.69, 9.17) is 18.9 Å². The van der Waals surface area contributed by atoms with Gasteiger partial charge in [0.05, 0.1) is 43.7 Å². The van der Waals surface area contributed by atoms with Crippen molar-refractivity contribution in [3.63, 3.8) is 0 Å². The molecule has 1 aromatic heterocycles. The number of aromatic nitrogens is 1. The van der Waals surface area contributed by atoms with E-state index in [1.54, 1.807) is 59.5 Å². The molecule has 0 radical (unpaired) electrons. The smallest absolute Gasteiger partial charge is 0.338 e. The number of carbonyl (C=O) groups is 1. The van der Waals surface area contributed by atoms with Crippen molar-refractivity contribution in [3.8, 4) is 17.2 Å². The number of hydrogen-bond acceptors (Lipinski definition) is 8. The van der Waals surface area contributed by atoms with Gasteiger partial charge in [-0.25, -0.2) is 9.79 Å². The molecule has 0 spiro atoms. The van der Waals surface area contributed by atoms with Crippen LogP contribution in [-0.4, -0.2) is 38.5 Å². The Bertz CT molecular complexity index is 1540. The van der Waals surface area contributed by atoms with Gasteiger partial charge in [0.25, 0.3) is 5.56 Å². The second-order valence-corrected chi connectivity index (χ2v) is 9.64. The van der Waals surface area contributed by atoms with Crippen molar-refractivity contribution < 1.29 is 23.7 Å². The van der Waals surface area contributed by atoms with Gasteiger partial charge in [-0.2, -0.15) is 0 Å². The monoisotopic (exact) mass is 572 g/mol. The molecule has 1 unspecified atom stereocenters. The van der Waals surface area contributed by atoms with Crippen LogP contribution in [0.25, 0.3) is 6.08 Å². The summed E-state index contributed by atoms with van der Waals surface area (Å²) in [5.74, 6) is 1.13. The molecule has 1 atom stereocenters. The third kappa shape index (κ3) is 4.58. The Morgan fingerprint density at radius 3 is 2.44 bits per heavy atom. The maximum absolute atomic E-state index is 13.8. The summed E-state index contributed by atoms with van der Waals surface area (Å²) in [6, 6.07) is 10.1. The summed E-state index contributed by atoms with van der Waals surface area (Å²) in [4.78, 5) is 32.0. The number of halogens is 1. The second kappa shape index (κ2) is 10.7. The van der Waals surface area contributed by atoms with Gasteiger partial charge in [-0.1, -0.05) is 45.5 Å². The van der Waals surface area contributed by atoms with Gasteiger partial charge in [-0.05, 0) is 43.7 Å². The topological polar surface area (TPSA) is 88.4 Å². The van der Waals surface area contributed by atoms with Crippen molar-refractivity contribution in [2.45, 2.75) is 19.9 Å². The Morgan fingerprint density at radius 1 is 1.11 bits per heavy atom. The number of benzene rings is 2. The quantitative estimate of drug-likeness (QED) is 0.402. The molecule has 2 aromatic carbocycles. The molecular weight excluding hydrogens is 548 g/mol. The lowest BCUT2D eigenvalue weighted by Gasteiger charge is -2.25. The highest BCUT2D eigenvalue weighted by molar-refractivity contribution is 9.10. The third-order valence-corrected chi connectivity index (χ3v) is 7.41. The van der Waals surface area contributed by atoms with Crippen molar-refractivity contribution in [2.24, 2.45) is 4.99 Å². The van der Waals surface area contributed by atoms with Crippen molar-refractivity contribution >= 4 is 39.3 Å². The fourth-order valence-electron chi connectivity index (χ4n) is 4.10. The van der Waals surface area contributed by atoms with E-state index in [2.05, 4.69) is 20.9 Å². The standard InChI is InChI=1S/C26H25BrN2O6S/c1-6-35-25(31)22-14(2)28-26-29(23(22)16-9-7-8-10-18(16)32-3)24(30)21(36-26)12-15-11-19(33-4)20(34-5)13-17(15)27/h7-13,23H,6H2,1-5H3. The highest BCUT2D eigenvalue weighted by Crippen LogP contribution is 2.36. The van der Waals surface area contributed by atoms with Crippen LogP contribution in [-0.2, 0) is 9.53 Å². The molecule has 0 saturated carbocycles. The third-order valence-electron chi connectivity index (χ3n) is 5.74. The number of esters is 1. The summed E-state index contributed by atoms with van der Waals surface area (Å²) in [7, 11) is 4.66. The number of allylic oxidation sites excluding steroid dienone is 1. The molecule has 2 heterocycles. The molecule has 1 aliphatic heterocycles. The fourth-order valence-corrected chi connectivity index (χ4v) is 5.57. The number of thiazole rings is 1. The molecule has 0 fully saturated rings. The molecule has 0 N–H and O–H groups in total. The van der Waals surface area contributed by atoms with E-state index in [-0.39, 0.29) is 12.2 Å². The minimum Gasteiger partial charge on any atom is -0.496 e. The number of nitrogens with zero attached hydrogens (tertiary/aromatic N) is 2. The lowest BCUT2D eigenvalue weighted by atomic mass is 9.95. The molecular formula is C26H25BrN2O6S. The minimum atomic E-state index is -0.757. The molecule has 188 valence electrons. The summed E-state index contributed by atoms with van der Waals surface area (Å²) in [5, 5.41) is 0. The number of methoxy groups -OCH3 is 3. The van der Waals surface area contributed by atoms with Crippen LogP contribution in [0.15, 0.2) is 61.9 Å². The summed E-state index contributed by atoms with van der Waals surface area (Å²) in [6.07, 6.45) is 1.76. The zero-order valence-corrected chi connectivity index (χ0v) is 22.9. The van der Waals surface area contributed by atoms with Crippen molar-refractivity contribution in [1.82, 2.24) is 4.57 Å². The van der Waals surface area contributed by atoms with Gasteiger partial charge in [0.1, 0.15) is 11.8 Å². The lowest BCUT2D eigenvalue weighted by Crippen LogP contribution is -2.40. The van der Waals surface area contributed by atoms with Crippen LogP contribution in [0.2, 0.25) is 0 Å². The Morgan fingerprint density at radius 2 is 1.78 bits per heavy atom. The first-order valence-corrected chi connectivity index (χ1v) is 12.7. The second-order valence-electron chi connectivity index (χ2n) is 7.77. The Labute approximate surface area is 220 Å². The summed E-state index contributed by atoms with van der Waals surface area (Å²) in [6.45, 7) is 3.69. The average Bonchev–Trinajstić information content (AvgIpc) is 3.18. The predicted molar refractivity (Wildman–Crippen MR) is 141 cm³/mol. The number of ether oxygens (including phenoxy) is 4. The average molecular weight is 573 g/mol. The van der Waals surface area contributed by atoms with Gasteiger partial charge >= 0.3 is 5.97 Å². The van der Waals surface area contributed by atoms with Crippen LogP contribution in [0.5, 0.6) is 17.2 Å². The maximum Gasteiger partial charge on any atom is 0.338 e. The van der Waals surface area contributed by atoms with E-state index in [1.165, 1.54) is 15.9 Å². The molecule has 1 aliphatic rings. The predicted octanol–water partition coefficient (Wildman–Crippen LogP) is 3.59. The van der Waals surface area contributed by atoms with Gasteiger partial charge in [0.15, 0.2) is 16.3 Å². The van der Waals surface area contributed by atoms with Gasteiger partial charge < -0.3 is 18.9 Å². The highest BCUT2D eigenvalue weighted by Gasteiger charge is 2.35. The van der Waals surface area contributed by atoms with Crippen LogP contribution < -0.4 is 29.1 Å². The molecule has 3 aromatic rings. The largest absolute Gasteiger partial charge is 0.496 e. The van der Waals surface area contributed by atoms with Crippen molar-refractivity contribution in [3.05, 3.63) is 83.0 Å². The highest BCUT2D eigenvalue weighted by atomic mass is 79.9. The van der Waals surface area contributed by atoms with E-state index < -0.39 is 12.0 Å². The summed E-state index contributed by atoms with van der Waals surface area (Å²) in [5.41, 5.74) is 1.90. The van der Waals surface area contributed by atoms with E-state index in [9.17, 15) is 9.59 Å². The van der Waals surface area contributed by atoms with Crippen LogP contribution in [0.3, 0.4) is 0 Å². The fraction of sp³-hybridized carbons (Fsp3) is 0.269. The number of para-hydroxylation sites is 1.